The lowest BCUT2D eigenvalue weighted by molar-refractivity contribution is 0.0681. The molecule has 5 heteroatoms. The van der Waals surface area contributed by atoms with Gasteiger partial charge in [-0.05, 0) is 42.3 Å². The average Bonchev–Trinajstić information content (AvgIpc) is 2.47. The minimum Gasteiger partial charge on any atom is -0.508 e. The quantitative estimate of drug-likeness (QED) is 0.667. The maximum absolute atomic E-state index is 12.2. The fourth-order valence-electron chi connectivity index (χ4n) is 1.96. The molecule has 0 unspecified atom stereocenters. The van der Waals surface area contributed by atoms with Crippen molar-refractivity contribution in [3.8, 4) is 11.5 Å². The van der Waals surface area contributed by atoms with Crippen molar-refractivity contribution in [2.75, 3.05) is 0 Å². The van der Waals surface area contributed by atoms with Gasteiger partial charge >= 0.3 is 11.9 Å². The number of ether oxygens (including phenoxy) is 1. The summed E-state index contributed by atoms with van der Waals surface area (Å²) in [6, 6.07) is 10.3. The molecule has 0 bridgehead atoms. The first kappa shape index (κ1) is 14.6. The number of benzene rings is 2. The summed E-state index contributed by atoms with van der Waals surface area (Å²) in [6.45, 7) is 1.84. The Labute approximate surface area is 121 Å². The molecule has 0 heterocycles. The number of hydrogen-bond donors (Lipinski definition) is 2. The minimum absolute atomic E-state index is 0.00914. The number of phenols is 1. The van der Waals surface area contributed by atoms with Gasteiger partial charge in [0.25, 0.3) is 0 Å². The van der Waals surface area contributed by atoms with Crippen molar-refractivity contribution in [2.24, 2.45) is 0 Å². The molecule has 2 N–H and O–H groups in total. The number of hydrogen-bond acceptors (Lipinski definition) is 4. The largest absolute Gasteiger partial charge is 0.508 e. The topological polar surface area (TPSA) is 83.8 Å². The van der Waals surface area contributed by atoms with Crippen LogP contribution in [0.5, 0.6) is 11.5 Å². The van der Waals surface area contributed by atoms with E-state index in [9.17, 15) is 14.7 Å². The highest BCUT2D eigenvalue weighted by Gasteiger charge is 2.17. The van der Waals surface area contributed by atoms with Gasteiger partial charge in [0.05, 0.1) is 5.56 Å². The third-order valence-corrected chi connectivity index (χ3v) is 3.01. The lowest BCUT2D eigenvalue weighted by atomic mass is 10.0. The Hall–Kier alpha value is -2.82. The molecule has 0 saturated heterocycles. The zero-order chi connectivity index (χ0) is 15.4. The number of carbonyl (C=O) groups is 2. The molecule has 2 aromatic carbocycles. The molecule has 0 radical (unpaired) electrons. The highest BCUT2D eigenvalue weighted by Crippen LogP contribution is 2.22. The van der Waals surface area contributed by atoms with Gasteiger partial charge in [-0.1, -0.05) is 19.1 Å². The van der Waals surface area contributed by atoms with E-state index in [4.69, 9.17) is 9.84 Å². The first-order valence-corrected chi connectivity index (χ1v) is 6.39. The first-order valence-electron chi connectivity index (χ1n) is 6.39. The van der Waals surface area contributed by atoms with E-state index in [1.165, 1.54) is 30.3 Å². The van der Waals surface area contributed by atoms with Crippen molar-refractivity contribution in [3.05, 3.63) is 59.2 Å². The standard InChI is InChI=1S/C16H14O5/c1-2-10-9-11(17)7-8-12(10)16(20)21-14-6-4-3-5-13(14)15(18)19/h3-9,17H,2H2,1H3,(H,18,19). The van der Waals surface area contributed by atoms with Crippen molar-refractivity contribution in [2.45, 2.75) is 13.3 Å². The van der Waals surface area contributed by atoms with E-state index in [2.05, 4.69) is 0 Å². The Morgan fingerprint density at radius 2 is 1.81 bits per heavy atom. The molecule has 5 nitrogen and oxygen atoms in total. The number of para-hydroxylation sites is 1. The molecule has 2 rings (SSSR count). The maximum atomic E-state index is 12.2. The molecule has 0 aromatic heterocycles. The second-order valence-electron chi connectivity index (χ2n) is 4.39. The van der Waals surface area contributed by atoms with Gasteiger partial charge in [-0.25, -0.2) is 9.59 Å². The van der Waals surface area contributed by atoms with Crippen LogP contribution in [0.25, 0.3) is 0 Å². The molecule has 0 atom stereocenters. The Morgan fingerprint density at radius 3 is 2.48 bits per heavy atom. The van der Waals surface area contributed by atoms with Gasteiger partial charge in [0, 0.05) is 0 Å². The molecule has 108 valence electrons. The highest BCUT2D eigenvalue weighted by atomic mass is 16.5. The molecule has 0 saturated carbocycles. The van der Waals surface area contributed by atoms with E-state index in [0.717, 1.165) is 0 Å². The zero-order valence-electron chi connectivity index (χ0n) is 11.4. The Kier molecular flexibility index (Phi) is 4.23. The molecule has 2 aromatic rings. The number of aryl methyl sites for hydroxylation is 1. The van der Waals surface area contributed by atoms with Gasteiger partial charge in [0.2, 0.25) is 0 Å². The van der Waals surface area contributed by atoms with E-state index in [0.29, 0.717) is 17.5 Å². The molecule has 0 amide bonds. The smallest absolute Gasteiger partial charge is 0.343 e. The van der Waals surface area contributed by atoms with Crippen LogP contribution < -0.4 is 4.74 Å². The minimum atomic E-state index is -1.17. The molecule has 21 heavy (non-hydrogen) atoms. The van der Waals surface area contributed by atoms with Gasteiger partial charge in [-0.15, -0.1) is 0 Å². The van der Waals surface area contributed by atoms with E-state index in [-0.39, 0.29) is 17.1 Å². The van der Waals surface area contributed by atoms with Crippen molar-refractivity contribution >= 4 is 11.9 Å². The van der Waals surface area contributed by atoms with Crippen LogP contribution in [0.2, 0.25) is 0 Å². The molecular weight excluding hydrogens is 272 g/mol. The molecule has 0 spiro atoms. The summed E-state index contributed by atoms with van der Waals surface area (Å²) in [5.74, 6) is -1.76. The van der Waals surface area contributed by atoms with Gasteiger partial charge in [0.1, 0.15) is 17.1 Å². The Morgan fingerprint density at radius 1 is 1.10 bits per heavy atom. The summed E-state index contributed by atoms with van der Waals surface area (Å²) in [6.07, 6.45) is 0.541. The van der Waals surface area contributed by atoms with Crippen molar-refractivity contribution in [1.29, 1.82) is 0 Å². The number of esters is 1. The number of aromatic carboxylic acids is 1. The normalized spacial score (nSPS) is 10.1. The van der Waals surface area contributed by atoms with Crippen LogP contribution in [-0.4, -0.2) is 22.2 Å². The summed E-state index contributed by atoms with van der Waals surface area (Å²) in [5.41, 5.74) is 0.853. The second-order valence-corrected chi connectivity index (χ2v) is 4.39. The van der Waals surface area contributed by atoms with Crippen LogP contribution in [0.15, 0.2) is 42.5 Å². The number of carboxylic acid groups (broad SMARTS) is 1. The summed E-state index contributed by atoms with van der Waals surface area (Å²) >= 11 is 0. The first-order chi connectivity index (χ1) is 10.0. The monoisotopic (exact) mass is 286 g/mol. The van der Waals surface area contributed by atoms with Crippen molar-refractivity contribution in [3.63, 3.8) is 0 Å². The van der Waals surface area contributed by atoms with Crippen LogP contribution in [0.1, 0.15) is 33.2 Å². The Balaban J connectivity index is 2.33. The third-order valence-electron chi connectivity index (χ3n) is 3.01. The van der Waals surface area contributed by atoms with Gasteiger partial charge in [0.15, 0.2) is 0 Å². The lowest BCUT2D eigenvalue weighted by Gasteiger charge is -2.10. The average molecular weight is 286 g/mol. The number of rotatable bonds is 4. The highest BCUT2D eigenvalue weighted by molar-refractivity contribution is 5.96. The van der Waals surface area contributed by atoms with E-state index < -0.39 is 11.9 Å². The summed E-state index contributed by atoms with van der Waals surface area (Å²) in [7, 11) is 0. The number of phenolic OH excluding ortho intramolecular Hbond substituents is 1. The summed E-state index contributed by atoms with van der Waals surface area (Å²) in [4.78, 5) is 23.3. The van der Waals surface area contributed by atoms with Crippen LogP contribution in [-0.2, 0) is 6.42 Å². The maximum Gasteiger partial charge on any atom is 0.343 e. The number of carboxylic acids is 1. The summed E-state index contributed by atoms with van der Waals surface area (Å²) < 4.78 is 5.17. The van der Waals surface area contributed by atoms with E-state index in [1.807, 2.05) is 6.92 Å². The fraction of sp³-hybridized carbons (Fsp3) is 0.125. The molecular formula is C16H14O5. The molecule has 0 aliphatic carbocycles. The zero-order valence-corrected chi connectivity index (χ0v) is 11.4. The van der Waals surface area contributed by atoms with Crippen LogP contribution in [0, 0.1) is 0 Å². The van der Waals surface area contributed by atoms with E-state index in [1.54, 1.807) is 12.1 Å². The predicted octanol–water partition coefficient (Wildman–Crippen LogP) is 2.87. The van der Waals surface area contributed by atoms with Crippen LogP contribution in [0.4, 0.5) is 0 Å². The van der Waals surface area contributed by atoms with Crippen LogP contribution in [0.3, 0.4) is 0 Å². The van der Waals surface area contributed by atoms with Gasteiger partial charge in [-0.2, -0.15) is 0 Å². The fourth-order valence-corrected chi connectivity index (χ4v) is 1.96. The Bertz CT molecular complexity index is 691. The van der Waals surface area contributed by atoms with Gasteiger partial charge < -0.3 is 14.9 Å². The molecule has 0 fully saturated rings. The van der Waals surface area contributed by atoms with Crippen molar-refractivity contribution < 1.29 is 24.5 Å². The lowest BCUT2D eigenvalue weighted by Crippen LogP contribution is -2.13. The van der Waals surface area contributed by atoms with Crippen molar-refractivity contribution in [1.82, 2.24) is 0 Å². The molecule has 0 aliphatic heterocycles. The second kappa shape index (κ2) is 6.09. The van der Waals surface area contributed by atoms with E-state index >= 15 is 0 Å². The summed E-state index contributed by atoms with van der Waals surface area (Å²) in [5, 5.41) is 18.5. The molecule has 0 aliphatic rings. The predicted molar refractivity (Wildman–Crippen MR) is 75.8 cm³/mol. The SMILES string of the molecule is CCc1cc(O)ccc1C(=O)Oc1ccccc1C(=O)O. The third kappa shape index (κ3) is 3.20. The van der Waals surface area contributed by atoms with Gasteiger partial charge in [-0.3, -0.25) is 0 Å². The van der Waals surface area contributed by atoms with Crippen LogP contribution >= 0.6 is 0 Å². The number of aromatic hydroxyl groups is 1. The number of carbonyl (C=O) groups excluding carboxylic acids is 1.